The molecular weight excluding hydrogens is 392 g/mol. The molecule has 2 aromatic heterocycles. The SMILES string of the molecule is CC/C(C)=N/Nc1nc2sc3c(c2c(=O)n1-c1ccccc1)CC[C@@H](C(C)(C)C)C3. The second-order valence-corrected chi connectivity index (χ2v) is 10.3. The van der Waals surface area contributed by atoms with Gasteiger partial charge in [-0.1, -0.05) is 45.9 Å². The highest BCUT2D eigenvalue weighted by atomic mass is 32.1. The maximum Gasteiger partial charge on any atom is 0.268 e. The Labute approximate surface area is 181 Å². The van der Waals surface area contributed by atoms with Crippen molar-refractivity contribution in [2.24, 2.45) is 16.4 Å². The van der Waals surface area contributed by atoms with E-state index < -0.39 is 0 Å². The summed E-state index contributed by atoms with van der Waals surface area (Å²) in [7, 11) is 0. The third kappa shape index (κ3) is 3.81. The molecule has 3 aromatic rings. The Hall–Kier alpha value is -2.47. The van der Waals surface area contributed by atoms with Crippen LogP contribution in [0.4, 0.5) is 5.95 Å². The average Bonchev–Trinajstić information content (AvgIpc) is 3.09. The predicted molar refractivity (Wildman–Crippen MR) is 127 cm³/mol. The monoisotopic (exact) mass is 422 g/mol. The molecule has 0 saturated carbocycles. The number of aryl methyl sites for hydroxylation is 1. The van der Waals surface area contributed by atoms with Crippen LogP contribution < -0.4 is 11.0 Å². The van der Waals surface area contributed by atoms with E-state index in [4.69, 9.17) is 4.98 Å². The molecular formula is C24H30N4OS. The number of thiophene rings is 1. The predicted octanol–water partition coefficient (Wildman–Crippen LogP) is 5.80. The number of hydrogen-bond acceptors (Lipinski definition) is 5. The van der Waals surface area contributed by atoms with E-state index in [1.807, 2.05) is 37.3 Å². The first-order valence-electron chi connectivity index (χ1n) is 10.7. The number of fused-ring (bicyclic) bond motifs is 3. The second-order valence-electron chi connectivity index (χ2n) is 9.21. The molecule has 1 N–H and O–H groups in total. The first-order valence-corrected chi connectivity index (χ1v) is 11.5. The first kappa shape index (κ1) is 20.8. The molecule has 0 spiro atoms. The molecule has 0 bridgehead atoms. The van der Waals surface area contributed by atoms with Crippen LogP contribution in [0, 0.1) is 11.3 Å². The lowest BCUT2D eigenvalue weighted by molar-refractivity contribution is 0.218. The first-order chi connectivity index (χ1) is 14.3. The number of benzene rings is 1. The van der Waals surface area contributed by atoms with Gasteiger partial charge in [-0.25, -0.2) is 15.0 Å². The highest BCUT2D eigenvalue weighted by Crippen LogP contribution is 2.42. The van der Waals surface area contributed by atoms with Gasteiger partial charge in [0.15, 0.2) is 0 Å². The number of rotatable bonds is 4. The van der Waals surface area contributed by atoms with Gasteiger partial charge in [-0.05, 0) is 61.6 Å². The van der Waals surface area contributed by atoms with E-state index in [0.29, 0.717) is 11.9 Å². The average molecular weight is 423 g/mol. The fraction of sp³-hybridized carbons (Fsp3) is 0.458. The minimum atomic E-state index is -0.00948. The zero-order valence-electron chi connectivity index (χ0n) is 18.5. The van der Waals surface area contributed by atoms with Crippen molar-refractivity contribution in [2.45, 2.75) is 60.3 Å². The Balaban J connectivity index is 1.90. The molecule has 0 aliphatic heterocycles. The van der Waals surface area contributed by atoms with Crippen molar-refractivity contribution in [2.75, 3.05) is 5.43 Å². The summed E-state index contributed by atoms with van der Waals surface area (Å²) in [6, 6.07) is 9.70. The number of nitrogens with zero attached hydrogens (tertiary/aromatic N) is 3. The zero-order valence-corrected chi connectivity index (χ0v) is 19.3. The molecule has 5 nitrogen and oxygen atoms in total. The lowest BCUT2D eigenvalue weighted by Crippen LogP contribution is -2.27. The van der Waals surface area contributed by atoms with Crippen LogP contribution in [0.3, 0.4) is 0 Å². The number of para-hydroxylation sites is 1. The summed E-state index contributed by atoms with van der Waals surface area (Å²) in [5.74, 6) is 1.10. The van der Waals surface area contributed by atoms with Gasteiger partial charge in [0.2, 0.25) is 5.95 Å². The lowest BCUT2D eigenvalue weighted by atomic mass is 9.72. The maximum absolute atomic E-state index is 13.7. The van der Waals surface area contributed by atoms with Crippen LogP contribution in [0.25, 0.3) is 15.9 Å². The molecule has 6 heteroatoms. The van der Waals surface area contributed by atoms with Gasteiger partial charge >= 0.3 is 0 Å². The largest absolute Gasteiger partial charge is 0.268 e. The topological polar surface area (TPSA) is 59.3 Å². The lowest BCUT2D eigenvalue weighted by Gasteiger charge is -2.33. The molecule has 0 radical (unpaired) electrons. The van der Waals surface area contributed by atoms with Crippen molar-refractivity contribution in [3.63, 3.8) is 0 Å². The van der Waals surface area contributed by atoms with Crippen molar-refractivity contribution < 1.29 is 0 Å². The molecule has 4 rings (SSSR count). The standard InChI is InChI=1S/C24H30N4OS/c1-6-15(2)26-27-23-25-21-20(22(29)28(23)17-10-8-7-9-11-17)18-13-12-16(24(3,4)5)14-19(18)30-21/h7-11,16H,6,12-14H2,1-5H3,(H,25,27)/b26-15+/t16-/m1/s1. The van der Waals surface area contributed by atoms with Gasteiger partial charge in [0.1, 0.15) is 4.83 Å². The summed E-state index contributed by atoms with van der Waals surface area (Å²) in [4.78, 5) is 20.7. The molecule has 158 valence electrons. The van der Waals surface area contributed by atoms with Crippen LogP contribution in [0.2, 0.25) is 0 Å². The van der Waals surface area contributed by atoms with Crippen LogP contribution in [0.15, 0.2) is 40.2 Å². The smallest absolute Gasteiger partial charge is 0.268 e. The van der Waals surface area contributed by atoms with Crippen LogP contribution in [-0.2, 0) is 12.8 Å². The molecule has 2 heterocycles. The van der Waals surface area contributed by atoms with Crippen LogP contribution in [-0.4, -0.2) is 15.3 Å². The van der Waals surface area contributed by atoms with Gasteiger partial charge in [-0.3, -0.25) is 4.79 Å². The van der Waals surface area contributed by atoms with E-state index >= 15 is 0 Å². The summed E-state index contributed by atoms with van der Waals surface area (Å²) < 4.78 is 1.66. The highest BCUT2D eigenvalue weighted by molar-refractivity contribution is 7.18. The molecule has 0 saturated heterocycles. The Morgan fingerprint density at radius 2 is 2.03 bits per heavy atom. The minimum absolute atomic E-state index is 0.00948. The summed E-state index contributed by atoms with van der Waals surface area (Å²) in [6.45, 7) is 11.0. The van der Waals surface area contributed by atoms with Crippen LogP contribution in [0.5, 0.6) is 0 Å². The maximum atomic E-state index is 13.7. The van der Waals surface area contributed by atoms with Crippen LogP contribution >= 0.6 is 11.3 Å². The Kier molecular flexibility index (Phi) is 5.53. The van der Waals surface area contributed by atoms with E-state index in [0.717, 1.165) is 47.3 Å². The third-order valence-corrected chi connectivity index (χ3v) is 7.33. The van der Waals surface area contributed by atoms with Gasteiger partial charge in [-0.2, -0.15) is 5.10 Å². The van der Waals surface area contributed by atoms with Gasteiger partial charge in [0.25, 0.3) is 5.56 Å². The fourth-order valence-corrected chi connectivity index (χ4v) is 5.37. The van der Waals surface area contributed by atoms with Crippen molar-refractivity contribution in [3.8, 4) is 5.69 Å². The molecule has 1 aliphatic rings. The summed E-state index contributed by atoms with van der Waals surface area (Å²) in [6.07, 6.45) is 3.93. The van der Waals surface area contributed by atoms with Crippen molar-refractivity contribution in [1.82, 2.24) is 9.55 Å². The quantitative estimate of drug-likeness (QED) is 0.427. The number of hydrogen-bond donors (Lipinski definition) is 1. The van der Waals surface area contributed by atoms with Gasteiger partial charge in [-0.15, -0.1) is 11.3 Å². The second kappa shape index (κ2) is 7.99. The number of hydrazone groups is 1. The molecule has 1 atom stereocenters. The minimum Gasteiger partial charge on any atom is -0.268 e. The summed E-state index contributed by atoms with van der Waals surface area (Å²) >= 11 is 1.68. The van der Waals surface area contributed by atoms with Crippen LogP contribution in [0.1, 0.15) is 57.9 Å². The number of nitrogens with one attached hydrogen (secondary N) is 1. The molecule has 1 aromatic carbocycles. The van der Waals surface area contributed by atoms with E-state index in [1.165, 1.54) is 10.4 Å². The van der Waals surface area contributed by atoms with Crippen molar-refractivity contribution in [1.29, 1.82) is 0 Å². The fourth-order valence-electron chi connectivity index (χ4n) is 4.08. The van der Waals surface area contributed by atoms with E-state index in [-0.39, 0.29) is 11.0 Å². The Bertz CT molecular complexity index is 1150. The van der Waals surface area contributed by atoms with Gasteiger partial charge in [0, 0.05) is 10.6 Å². The number of anilines is 1. The summed E-state index contributed by atoms with van der Waals surface area (Å²) in [5, 5.41) is 5.21. The Morgan fingerprint density at radius 1 is 1.30 bits per heavy atom. The summed E-state index contributed by atoms with van der Waals surface area (Å²) in [5.41, 5.74) is 6.28. The van der Waals surface area contributed by atoms with E-state index in [9.17, 15) is 4.79 Å². The van der Waals surface area contributed by atoms with Crippen molar-refractivity contribution >= 4 is 33.2 Å². The van der Waals surface area contributed by atoms with Gasteiger partial charge in [0.05, 0.1) is 11.1 Å². The normalized spacial score (nSPS) is 17.2. The molecule has 0 unspecified atom stereocenters. The zero-order chi connectivity index (χ0) is 21.5. The molecule has 1 aliphatic carbocycles. The van der Waals surface area contributed by atoms with E-state index in [2.05, 4.69) is 38.2 Å². The van der Waals surface area contributed by atoms with Crippen molar-refractivity contribution in [3.05, 3.63) is 51.1 Å². The molecule has 0 amide bonds. The third-order valence-electron chi connectivity index (χ3n) is 6.18. The van der Waals surface area contributed by atoms with E-state index in [1.54, 1.807) is 15.9 Å². The molecule has 0 fully saturated rings. The van der Waals surface area contributed by atoms with Gasteiger partial charge < -0.3 is 0 Å². The Morgan fingerprint density at radius 3 is 2.70 bits per heavy atom. The number of aromatic nitrogens is 2. The highest BCUT2D eigenvalue weighted by Gasteiger charge is 2.32. The molecule has 30 heavy (non-hydrogen) atoms.